The summed E-state index contributed by atoms with van der Waals surface area (Å²) in [5.41, 5.74) is 26.7. The number of aromatic amines is 1. The van der Waals surface area contributed by atoms with Crippen LogP contribution in [0.5, 0.6) is 0 Å². The minimum Gasteiger partial charge on any atom is -0.397 e. The Morgan fingerprint density at radius 1 is 0.441 bits per heavy atom. The molecule has 24 heteroatoms. The molecule has 7 aromatic rings. The van der Waals surface area contributed by atoms with Gasteiger partial charge in [0.25, 0.3) is 0 Å². The Kier molecular flexibility index (Phi) is 11.3. The van der Waals surface area contributed by atoms with Crippen molar-refractivity contribution in [2.75, 3.05) is 22.9 Å². The van der Waals surface area contributed by atoms with Gasteiger partial charge in [-0.25, -0.2) is 9.97 Å². The van der Waals surface area contributed by atoms with Crippen LogP contribution in [0, 0.1) is 0 Å². The van der Waals surface area contributed by atoms with Gasteiger partial charge in [0.05, 0.1) is 83.5 Å². The molecule has 8 bridgehead atoms. The van der Waals surface area contributed by atoms with Crippen molar-refractivity contribution in [1.29, 1.82) is 0 Å². The molecule has 0 aliphatic carbocycles. The Hall–Kier alpha value is -6.72. The molecule has 0 amide bonds. The van der Waals surface area contributed by atoms with Crippen molar-refractivity contribution in [3.8, 4) is 39.1 Å². The standard InChI is InChI=1S/C44H38N8O12P4/c45-40-27(5-1-9-33(40)65(53,54)55)37-30-18-17-25(51-30)20-24-14-13-22(49-24)19-23-15-16-26(50-23)21-32-38(28-6-2-10-34(41(28)46)66(56,57)58)39(29-7-3-11-35(42(29)47)67(59,60)61)44(37)52(32)31-8-4-12-36(43(31)48)68(62,63)64/h1-21,49H,45-48H2,(H2,53,54,55)(H2,56,57,58)(H2,59,60,61)(H2,62,63,64). The van der Waals surface area contributed by atoms with E-state index in [1.165, 1.54) is 59.2 Å². The summed E-state index contributed by atoms with van der Waals surface area (Å²) >= 11 is 0. The van der Waals surface area contributed by atoms with Gasteiger partial charge in [0.15, 0.2) is 0 Å². The first-order chi connectivity index (χ1) is 31.9. The largest absolute Gasteiger partial charge is 0.397 e. The van der Waals surface area contributed by atoms with Crippen LogP contribution in [0.3, 0.4) is 0 Å². The Bertz CT molecular complexity index is 3770. The quantitative estimate of drug-likeness (QED) is 0.0727. The van der Waals surface area contributed by atoms with Crippen molar-refractivity contribution in [3.63, 3.8) is 0 Å². The molecule has 17 N–H and O–H groups in total. The van der Waals surface area contributed by atoms with Crippen molar-refractivity contribution in [1.82, 2.24) is 19.5 Å². The molecule has 5 heterocycles. The van der Waals surface area contributed by atoms with E-state index in [1.54, 1.807) is 42.5 Å². The molecule has 68 heavy (non-hydrogen) atoms. The molecule has 2 aliphatic heterocycles. The highest BCUT2D eigenvalue weighted by atomic mass is 31.2. The number of fused-ring (bicyclic) bond motifs is 8. The molecule has 3 aromatic heterocycles. The highest BCUT2D eigenvalue weighted by molar-refractivity contribution is 7.61. The Morgan fingerprint density at radius 3 is 1.32 bits per heavy atom. The minimum atomic E-state index is -5.21. The van der Waals surface area contributed by atoms with E-state index in [-0.39, 0.29) is 61.5 Å². The van der Waals surface area contributed by atoms with Crippen LogP contribution in [0.1, 0.15) is 22.8 Å². The molecule has 4 aromatic carbocycles. The third-order valence-corrected chi connectivity index (χ3v) is 15.4. The lowest BCUT2D eigenvalue weighted by Gasteiger charge is -2.19. The fourth-order valence-corrected chi connectivity index (χ4v) is 11.3. The van der Waals surface area contributed by atoms with Gasteiger partial charge in [-0.2, -0.15) is 0 Å². The average molecular weight is 995 g/mol. The van der Waals surface area contributed by atoms with Crippen molar-refractivity contribution < 1.29 is 57.4 Å². The van der Waals surface area contributed by atoms with E-state index < -0.39 is 74.4 Å². The molecule has 2 aliphatic rings. The van der Waals surface area contributed by atoms with Crippen LogP contribution in [-0.2, 0) is 18.3 Å². The third-order valence-electron chi connectivity index (χ3n) is 11.3. The summed E-state index contributed by atoms with van der Waals surface area (Å²) in [5, 5.41) is -2.49. The smallest absolute Gasteiger partial charge is 0.358 e. The van der Waals surface area contributed by atoms with Crippen molar-refractivity contribution in [3.05, 3.63) is 126 Å². The summed E-state index contributed by atoms with van der Waals surface area (Å²) in [6.45, 7) is 0. The fraction of sp³-hybridized carbons (Fsp3) is 0. The second-order valence-electron chi connectivity index (χ2n) is 15.6. The predicted octanol–water partition coefficient (Wildman–Crippen LogP) is 4.66. The monoisotopic (exact) mass is 994 g/mol. The molecule has 0 fully saturated rings. The zero-order chi connectivity index (χ0) is 48.8. The van der Waals surface area contributed by atoms with Gasteiger partial charge in [-0.1, -0.05) is 42.5 Å². The number of rotatable bonds is 8. The van der Waals surface area contributed by atoms with Gasteiger partial charge in [0.2, 0.25) is 0 Å². The summed E-state index contributed by atoms with van der Waals surface area (Å²) in [7, 11) is -20.7. The number of nitrogens with zero attached hydrogens (tertiary/aromatic N) is 3. The minimum absolute atomic E-state index is 0.0282. The maximum Gasteiger partial charge on any atom is 0.358 e. The normalized spacial score (nSPS) is 13.1. The molecule has 346 valence electrons. The molecule has 0 saturated heterocycles. The van der Waals surface area contributed by atoms with Crippen LogP contribution in [0.2, 0.25) is 0 Å². The van der Waals surface area contributed by atoms with Crippen LogP contribution in [0.4, 0.5) is 22.7 Å². The van der Waals surface area contributed by atoms with Gasteiger partial charge in [0, 0.05) is 44.4 Å². The number of H-pyrrole nitrogens is 1. The summed E-state index contributed by atoms with van der Waals surface area (Å²) in [6.07, 6.45) is 6.50. The van der Waals surface area contributed by atoms with Crippen LogP contribution < -0.4 is 44.2 Å². The Balaban J connectivity index is 1.72. The first kappa shape index (κ1) is 46.4. The van der Waals surface area contributed by atoms with Crippen LogP contribution in [-0.4, -0.2) is 58.7 Å². The van der Waals surface area contributed by atoms with E-state index in [4.69, 9.17) is 32.9 Å². The molecule has 20 nitrogen and oxygen atoms in total. The summed E-state index contributed by atoms with van der Waals surface area (Å²) in [5.74, 6) is 0. The molecule has 0 unspecified atom stereocenters. The second-order valence-corrected chi connectivity index (χ2v) is 21.9. The molecule has 0 radical (unpaired) electrons. The van der Waals surface area contributed by atoms with Gasteiger partial charge in [-0.05, 0) is 85.0 Å². The van der Waals surface area contributed by atoms with Crippen molar-refractivity contribution >= 4 is 121 Å². The lowest BCUT2D eigenvalue weighted by atomic mass is 9.91. The lowest BCUT2D eigenvalue weighted by molar-refractivity contribution is 0.385. The Labute approximate surface area is 384 Å². The predicted molar refractivity (Wildman–Crippen MR) is 265 cm³/mol. The Morgan fingerprint density at radius 2 is 0.838 bits per heavy atom. The topological polar surface area (TPSA) is 381 Å². The van der Waals surface area contributed by atoms with Crippen molar-refractivity contribution in [2.24, 2.45) is 0 Å². The molecular formula is C44H38N8O12P4. The van der Waals surface area contributed by atoms with Crippen LogP contribution in [0.15, 0.2) is 103 Å². The molecule has 0 atom stereocenters. The van der Waals surface area contributed by atoms with Gasteiger partial charge in [0.1, 0.15) is 0 Å². The van der Waals surface area contributed by atoms with E-state index in [0.717, 1.165) is 24.3 Å². The van der Waals surface area contributed by atoms with Gasteiger partial charge < -0.3 is 71.6 Å². The molecule has 0 saturated carbocycles. The fourth-order valence-electron chi connectivity index (χ4n) is 8.41. The SMILES string of the molecule is Nc1c(-c2c(-c3cccc(P(=O)(O)O)c3N)c3c(-c4cccc(P(=O)(O)O)c4N)c4nc(cc5ccc(cc6nc(cc2n3-c2cccc(P(=O)(O)O)c2N)C=C6)[nH]5)C=C4)cccc1P(=O)(O)O. The van der Waals surface area contributed by atoms with Crippen molar-refractivity contribution in [2.45, 2.75) is 0 Å². The first-order valence-electron chi connectivity index (χ1n) is 19.9. The number of benzene rings is 4. The van der Waals surface area contributed by atoms with Gasteiger partial charge >= 0.3 is 30.4 Å². The maximum atomic E-state index is 13.2. The van der Waals surface area contributed by atoms with Crippen LogP contribution in [0.25, 0.3) is 85.4 Å². The maximum absolute atomic E-state index is 13.2. The van der Waals surface area contributed by atoms with E-state index in [2.05, 4.69) is 4.98 Å². The average Bonchev–Trinajstić information content (AvgIpc) is 4.05. The summed E-state index contributed by atoms with van der Waals surface area (Å²) in [6, 6.07) is 23.9. The van der Waals surface area contributed by atoms with E-state index in [1.807, 2.05) is 6.07 Å². The third kappa shape index (κ3) is 8.24. The lowest BCUT2D eigenvalue weighted by Crippen LogP contribution is -2.15. The number of hydrogen-bond donors (Lipinski definition) is 13. The van der Waals surface area contributed by atoms with Gasteiger partial charge in [-0.3, -0.25) is 18.3 Å². The van der Waals surface area contributed by atoms with Crippen LogP contribution >= 0.6 is 30.4 Å². The summed E-state index contributed by atoms with van der Waals surface area (Å²) in [4.78, 5) is 98.2. The molecule has 0 spiro atoms. The first-order valence-corrected chi connectivity index (χ1v) is 26.3. The highest BCUT2D eigenvalue weighted by Gasteiger charge is 2.34. The number of nitrogens with one attached hydrogen (secondary N) is 1. The number of para-hydroxylation sites is 4. The zero-order valence-electron chi connectivity index (χ0n) is 34.8. The number of aromatic nitrogens is 4. The number of nitrogens with two attached hydrogens (primary N) is 4. The van der Waals surface area contributed by atoms with E-state index in [9.17, 15) is 57.4 Å². The summed E-state index contributed by atoms with van der Waals surface area (Å²) < 4.78 is 54.0. The van der Waals surface area contributed by atoms with E-state index in [0.29, 0.717) is 22.4 Å². The van der Waals surface area contributed by atoms with Gasteiger partial charge in [-0.15, -0.1) is 0 Å². The highest BCUT2D eigenvalue weighted by Crippen LogP contribution is 2.53. The number of anilines is 4. The second kappa shape index (κ2) is 16.5. The molecule has 9 rings (SSSR count). The number of hydrogen-bond acceptors (Lipinski definition) is 10. The molecular weight excluding hydrogens is 956 g/mol. The van der Waals surface area contributed by atoms with E-state index >= 15 is 0 Å². The zero-order valence-corrected chi connectivity index (χ0v) is 38.4. The number of nitrogen functional groups attached to an aromatic ring is 4.